The van der Waals surface area contributed by atoms with Crippen LogP contribution in [0.2, 0.25) is 0 Å². The molecule has 1 saturated heterocycles. The summed E-state index contributed by atoms with van der Waals surface area (Å²) in [6.45, 7) is -0.610. The zero-order valence-electron chi connectivity index (χ0n) is 11.6. The van der Waals surface area contributed by atoms with Gasteiger partial charge in [-0.2, -0.15) is 0 Å². The Hall–Kier alpha value is -1.52. The van der Waals surface area contributed by atoms with Gasteiger partial charge in [-0.3, -0.25) is 4.52 Å². The van der Waals surface area contributed by atoms with E-state index in [0.29, 0.717) is 0 Å². The number of hydrogen-bond donors (Lipinski definition) is 6. The number of para-hydroxylation sites is 1. The monoisotopic (exact) mass is 349 g/mol. The van der Waals surface area contributed by atoms with Gasteiger partial charge in [0.25, 0.3) is 0 Å². The van der Waals surface area contributed by atoms with Crippen LogP contribution in [0.5, 0.6) is 0 Å². The van der Waals surface area contributed by atoms with Gasteiger partial charge in [0.2, 0.25) is 0 Å². The molecule has 1 aliphatic heterocycles. The molecule has 1 heterocycles. The highest BCUT2D eigenvalue weighted by atomic mass is 31.2. The van der Waals surface area contributed by atoms with Gasteiger partial charge in [0.15, 0.2) is 6.23 Å². The molecule has 2 rings (SSSR count). The van der Waals surface area contributed by atoms with Gasteiger partial charge in [-0.05, 0) is 12.1 Å². The highest BCUT2D eigenvalue weighted by Crippen LogP contribution is 2.42. The number of rotatable bonds is 6. The quantitative estimate of drug-likeness (QED) is 0.363. The Balaban J connectivity index is 2.26. The van der Waals surface area contributed by atoms with Crippen LogP contribution in [-0.4, -0.2) is 62.2 Å². The smallest absolute Gasteiger partial charge is 0.470 e. The maximum Gasteiger partial charge on any atom is 0.470 e. The van der Waals surface area contributed by atoms with Crippen molar-refractivity contribution in [2.45, 2.75) is 24.5 Å². The lowest BCUT2D eigenvalue weighted by molar-refractivity contribution is -0.0153. The van der Waals surface area contributed by atoms with E-state index in [1.54, 1.807) is 6.07 Å². The fourth-order valence-corrected chi connectivity index (χ4v) is 2.78. The van der Waals surface area contributed by atoms with Crippen molar-refractivity contribution in [2.75, 3.05) is 11.9 Å². The highest BCUT2D eigenvalue weighted by molar-refractivity contribution is 7.46. The van der Waals surface area contributed by atoms with Crippen molar-refractivity contribution in [1.82, 2.24) is 0 Å². The predicted octanol–water partition coefficient (Wildman–Crippen LogP) is -0.647. The Bertz CT molecular complexity index is 618. The van der Waals surface area contributed by atoms with Crippen LogP contribution in [0.25, 0.3) is 0 Å². The molecule has 0 bridgehead atoms. The average molecular weight is 349 g/mol. The minimum atomic E-state index is -4.94. The minimum absolute atomic E-state index is 0.104. The topological polar surface area (TPSA) is 166 Å². The molecular weight excluding hydrogens is 333 g/mol. The fourth-order valence-electron chi connectivity index (χ4n) is 2.23. The zero-order chi connectivity index (χ0) is 17.2. The number of carboxylic acids is 1. The first-order valence-corrected chi connectivity index (χ1v) is 8.03. The predicted molar refractivity (Wildman–Crippen MR) is 75.7 cm³/mol. The van der Waals surface area contributed by atoms with E-state index in [2.05, 4.69) is 9.84 Å². The summed E-state index contributed by atoms with van der Waals surface area (Å²) in [5.41, 5.74) is 0.00284. The van der Waals surface area contributed by atoms with E-state index in [1.807, 2.05) is 0 Å². The first-order valence-electron chi connectivity index (χ1n) is 6.50. The van der Waals surface area contributed by atoms with Gasteiger partial charge < -0.3 is 35.2 Å². The second-order valence-electron chi connectivity index (χ2n) is 4.82. The molecule has 1 fully saturated rings. The van der Waals surface area contributed by atoms with Crippen molar-refractivity contribution in [3.63, 3.8) is 0 Å². The van der Waals surface area contributed by atoms with Gasteiger partial charge in [-0.25, -0.2) is 9.36 Å². The number of anilines is 1. The van der Waals surface area contributed by atoms with Crippen LogP contribution < -0.4 is 5.32 Å². The van der Waals surface area contributed by atoms with E-state index >= 15 is 0 Å². The number of hydrogen-bond acceptors (Lipinski definition) is 7. The van der Waals surface area contributed by atoms with Crippen LogP contribution in [0.15, 0.2) is 24.3 Å². The van der Waals surface area contributed by atoms with Gasteiger partial charge in [-0.15, -0.1) is 0 Å². The largest absolute Gasteiger partial charge is 0.478 e. The third kappa shape index (κ3) is 4.27. The van der Waals surface area contributed by atoms with Gasteiger partial charge >= 0.3 is 13.8 Å². The molecule has 1 aromatic carbocycles. The second kappa shape index (κ2) is 6.93. The second-order valence-corrected chi connectivity index (χ2v) is 6.02. The van der Waals surface area contributed by atoms with E-state index in [9.17, 15) is 14.5 Å². The number of carboxylic acid groups (broad SMARTS) is 1. The van der Waals surface area contributed by atoms with Gasteiger partial charge in [0, 0.05) is 0 Å². The van der Waals surface area contributed by atoms with Crippen molar-refractivity contribution < 1.29 is 43.7 Å². The molecule has 0 aliphatic carbocycles. The number of aromatic carboxylic acids is 1. The number of ether oxygens (including phenoxy) is 1. The summed E-state index contributed by atoms with van der Waals surface area (Å²) in [6.07, 6.45) is -5.42. The lowest BCUT2D eigenvalue weighted by Gasteiger charge is -2.23. The molecule has 11 heteroatoms. The molecule has 0 radical (unpaired) electrons. The van der Waals surface area contributed by atoms with Crippen molar-refractivity contribution in [2.24, 2.45) is 0 Å². The molecule has 1 aromatic rings. The molecule has 10 nitrogen and oxygen atoms in total. The molecule has 0 amide bonds. The number of benzene rings is 1. The summed E-state index contributed by atoms with van der Waals surface area (Å²) >= 11 is 0. The Morgan fingerprint density at radius 2 is 2.00 bits per heavy atom. The summed E-state index contributed by atoms with van der Waals surface area (Å²) in [5, 5.41) is 30.8. The highest BCUT2D eigenvalue weighted by Gasteiger charge is 2.47. The third-order valence-electron chi connectivity index (χ3n) is 3.23. The maximum absolute atomic E-state index is 11.2. The fraction of sp³-hybridized carbons (Fsp3) is 0.417. The summed E-state index contributed by atoms with van der Waals surface area (Å²) < 4.78 is 20.8. The maximum atomic E-state index is 11.2. The lowest BCUT2D eigenvalue weighted by Crippen LogP contribution is -2.38. The van der Waals surface area contributed by atoms with Crippen molar-refractivity contribution in [3.05, 3.63) is 29.8 Å². The molecule has 1 aliphatic rings. The normalized spacial score (nSPS) is 27.8. The summed E-state index contributed by atoms with van der Waals surface area (Å²) in [6, 6.07) is 5.78. The lowest BCUT2D eigenvalue weighted by atomic mass is 10.1. The molecule has 0 saturated carbocycles. The molecule has 0 spiro atoms. The van der Waals surface area contributed by atoms with Crippen LogP contribution in [0, 0.1) is 0 Å². The Kier molecular flexibility index (Phi) is 5.37. The number of phosphoric ester groups is 1. The van der Waals surface area contributed by atoms with E-state index < -0.39 is 44.9 Å². The summed E-state index contributed by atoms with van der Waals surface area (Å²) in [7, 11) is -4.94. The summed E-state index contributed by atoms with van der Waals surface area (Å²) in [5.74, 6) is -1.22. The van der Waals surface area contributed by atoms with Crippen molar-refractivity contribution in [3.8, 4) is 0 Å². The standard InChI is InChI=1S/C12H16NO9P/c14-5-8-9(15)10(22-23(18,19)20)11(21-8)13-7-4-2-1-3-6(7)12(16)17/h1-4,8-11,13-15H,5H2,(H,16,17)(H2,18,19,20)/t8-,9-,10-,11?/m1/s1. The summed E-state index contributed by atoms with van der Waals surface area (Å²) in [4.78, 5) is 29.0. The number of phosphoric acid groups is 1. The SMILES string of the molecule is O=C(O)c1ccccc1NC1O[C@H](CO)[C@@H](O)[C@H]1OP(=O)(O)O. The van der Waals surface area contributed by atoms with Crippen LogP contribution in [0.4, 0.5) is 5.69 Å². The molecule has 1 unspecified atom stereocenters. The average Bonchev–Trinajstić information content (AvgIpc) is 2.74. The zero-order valence-corrected chi connectivity index (χ0v) is 12.5. The van der Waals surface area contributed by atoms with Crippen molar-refractivity contribution in [1.29, 1.82) is 0 Å². The number of carbonyl (C=O) groups is 1. The van der Waals surface area contributed by atoms with Gasteiger partial charge in [0.05, 0.1) is 17.9 Å². The van der Waals surface area contributed by atoms with Crippen LogP contribution in [-0.2, 0) is 13.8 Å². The van der Waals surface area contributed by atoms with E-state index in [-0.39, 0.29) is 11.3 Å². The van der Waals surface area contributed by atoms with Crippen molar-refractivity contribution >= 4 is 19.5 Å². The van der Waals surface area contributed by atoms with Crippen LogP contribution >= 0.6 is 7.82 Å². The number of nitrogens with one attached hydrogen (secondary N) is 1. The van der Waals surface area contributed by atoms with E-state index in [4.69, 9.17) is 24.7 Å². The number of aliphatic hydroxyl groups is 2. The molecule has 6 N–H and O–H groups in total. The molecule has 4 atom stereocenters. The molecular formula is C12H16NO9P. The number of aliphatic hydroxyl groups excluding tert-OH is 2. The third-order valence-corrected chi connectivity index (χ3v) is 3.75. The van der Waals surface area contributed by atoms with Gasteiger partial charge in [-0.1, -0.05) is 12.1 Å². The Labute approximate surface area is 130 Å². The molecule has 0 aromatic heterocycles. The Morgan fingerprint density at radius 3 is 2.57 bits per heavy atom. The minimum Gasteiger partial charge on any atom is -0.478 e. The van der Waals surface area contributed by atoms with Crippen LogP contribution in [0.1, 0.15) is 10.4 Å². The van der Waals surface area contributed by atoms with Gasteiger partial charge in [0.1, 0.15) is 18.3 Å². The van der Waals surface area contributed by atoms with E-state index in [1.165, 1.54) is 18.2 Å². The first kappa shape index (κ1) is 17.8. The molecule has 23 heavy (non-hydrogen) atoms. The molecule has 128 valence electrons. The first-order chi connectivity index (χ1) is 10.7. The Morgan fingerprint density at radius 1 is 1.35 bits per heavy atom. The van der Waals surface area contributed by atoms with Crippen LogP contribution in [0.3, 0.4) is 0 Å². The van der Waals surface area contributed by atoms with E-state index in [0.717, 1.165) is 0 Å².